The molecule has 0 aliphatic carbocycles. The summed E-state index contributed by atoms with van der Waals surface area (Å²) in [4.78, 5) is 21.7. The molecule has 1 aliphatic rings. The monoisotopic (exact) mass is 323 g/mol. The summed E-state index contributed by atoms with van der Waals surface area (Å²) in [5.74, 6) is 0.147. The van der Waals surface area contributed by atoms with E-state index in [2.05, 4.69) is 48.0 Å². The van der Waals surface area contributed by atoms with Crippen molar-refractivity contribution in [2.24, 2.45) is 0 Å². The van der Waals surface area contributed by atoms with Crippen LogP contribution in [0, 0.1) is 0 Å². The summed E-state index contributed by atoms with van der Waals surface area (Å²) < 4.78 is 0. The normalized spacial score (nSPS) is 17.8. The van der Waals surface area contributed by atoms with Crippen LogP contribution in [0.2, 0.25) is 0 Å². The van der Waals surface area contributed by atoms with Crippen LogP contribution in [-0.2, 0) is 6.42 Å². The lowest BCUT2D eigenvalue weighted by Crippen LogP contribution is -2.55. The zero-order valence-electron chi connectivity index (χ0n) is 14.5. The maximum atomic E-state index is 13.1. The van der Waals surface area contributed by atoms with E-state index in [4.69, 9.17) is 0 Å². The molecular formula is C20H25N3O. The third kappa shape index (κ3) is 3.28. The molecule has 1 unspecified atom stereocenters. The second-order valence-electron chi connectivity index (χ2n) is 6.23. The van der Waals surface area contributed by atoms with Gasteiger partial charge >= 0.3 is 0 Å². The lowest BCUT2D eigenvalue weighted by Gasteiger charge is -2.42. The summed E-state index contributed by atoms with van der Waals surface area (Å²) in [5.41, 5.74) is 3.07. The Morgan fingerprint density at radius 3 is 2.67 bits per heavy atom. The minimum atomic E-state index is 0.147. The van der Waals surface area contributed by atoms with E-state index >= 15 is 0 Å². The molecule has 1 fully saturated rings. The number of nitrogens with zero attached hydrogens (tertiary/aromatic N) is 3. The van der Waals surface area contributed by atoms with Crippen LogP contribution in [0.1, 0.15) is 36.2 Å². The number of hydrogen-bond donors (Lipinski definition) is 0. The summed E-state index contributed by atoms with van der Waals surface area (Å²) in [6.45, 7) is 6.75. The molecule has 1 atom stereocenters. The SMILES string of the molecule is CCc1cnccc1C(=O)N1CCN(c2ccccc2)CC1CC. The Labute approximate surface area is 144 Å². The first-order chi connectivity index (χ1) is 11.7. The van der Waals surface area contributed by atoms with Crippen molar-refractivity contribution in [3.8, 4) is 0 Å². The quantitative estimate of drug-likeness (QED) is 0.865. The van der Waals surface area contributed by atoms with Gasteiger partial charge in [-0.2, -0.15) is 0 Å². The Kier molecular flexibility index (Phi) is 5.14. The first-order valence-electron chi connectivity index (χ1n) is 8.78. The van der Waals surface area contributed by atoms with Crippen molar-refractivity contribution in [3.63, 3.8) is 0 Å². The second-order valence-corrected chi connectivity index (χ2v) is 6.23. The highest BCUT2D eigenvalue weighted by Gasteiger charge is 2.30. The van der Waals surface area contributed by atoms with Crippen LogP contribution in [-0.4, -0.2) is 41.5 Å². The lowest BCUT2D eigenvalue weighted by molar-refractivity contribution is 0.0650. The van der Waals surface area contributed by atoms with E-state index in [0.717, 1.165) is 43.6 Å². The molecule has 2 heterocycles. The number of hydrogen-bond acceptors (Lipinski definition) is 3. The van der Waals surface area contributed by atoms with E-state index in [0.29, 0.717) is 0 Å². The number of pyridine rings is 1. The van der Waals surface area contributed by atoms with Gasteiger partial charge < -0.3 is 9.80 Å². The Morgan fingerprint density at radius 1 is 1.17 bits per heavy atom. The van der Waals surface area contributed by atoms with Crippen LogP contribution in [0.3, 0.4) is 0 Å². The van der Waals surface area contributed by atoms with Gasteiger partial charge in [-0.3, -0.25) is 9.78 Å². The Balaban J connectivity index is 1.79. The van der Waals surface area contributed by atoms with Crippen LogP contribution >= 0.6 is 0 Å². The highest BCUT2D eigenvalue weighted by Crippen LogP contribution is 2.22. The van der Waals surface area contributed by atoms with E-state index in [1.165, 1.54) is 5.69 Å². The molecule has 0 spiro atoms. The van der Waals surface area contributed by atoms with Gasteiger partial charge in [0.15, 0.2) is 0 Å². The van der Waals surface area contributed by atoms with Crippen LogP contribution < -0.4 is 4.90 Å². The van der Waals surface area contributed by atoms with E-state index in [9.17, 15) is 4.79 Å². The average Bonchev–Trinajstić information content (AvgIpc) is 2.67. The van der Waals surface area contributed by atoms with Crippen LogP contribution in [0.15, 0.2) is 48.8 Å². The number of benzene rings is 1. The zero-order chi connectivity index (χ0) is 16.9. The summed E-state index contributed by atoms with van der Waals surface area (Å²) in [6.07, 6.45) is 5.32. The van der Waals surface area contributed by atoms with Gasteiger partial charge in [0.1, 0.15) is 0 Å². The maximum absolute atomic E-state index is 13.1. The largest absolute Gasteiger partial charge is 0.368 e. The predicted octanol–water partition coefficient (Wildman–Crippen LogP) is 3.39. The molecule has 4 heteroatoms. The van der Waals surface area contributed by atoms with Gasteiger partial charge in [0.25, 0.3) is 5.91 Å². The van der Waals surface area contributed by atoms with E-state index in [-0.39, 0.29) is 11.9 Å². The summed E-state index contributed by atoms with van der Waals surface area (Å²) in [7, 11) is 0. The smallest absolute Gasteiger partial charge is 0.254 e. The highest BCUT2D eigenvalue weighted by molar-refractivity contribution is 5.96. The molecule has 126 valence electrons. The van der Waals surface area contributed by atoms with Gasteiger partial charge in [0.2, 0.25) is 0 Å². The molecule has 0 bridgehead atoms. The standard InChI is InChI=1S/C20H25N3O/c1-3-16-14-21-11-10-19(16)20(24)23-13-12-22(15-17(23)4-2)18-8-6-5-7-9-18/h5-11,14,17H,3-4,12-13,15H2,1-2H3. The molecule has 1 aromatic carbocycles. The highest BCUT2D eigenvalue weighted by atomic mass is 16.2. The second kappa shape index (κ2) is 7.47. The molecule has 0 N–H and O–H groups in total. The first-order valence-corrected chi connectivity index (χ1v) is 8.78. The molecule has 1 aromatic heterocycles. The zero-order valence-corrected chi connectivity index (χ0v) is 14.5. The number of anilines is 1. The molecular weight excluding hydrogens is 298 g/mol. The van der Waals surface area contributed by atoms with Gasteiger partial charge in [0, 0.05) is 49.3 Å². The van der Waals surface area contributed by atoms with E-state index < -0.39 is 0 Å². The van der Waals surface area contributed by atoms with E-state index in [1.807, 2.05) is 23.2 Å². The third-order valence-electron chi connectivity index (χ3n) is 4.85. The molecule has 1 saturated heterocycles. The molecule has 2 aromatic rings. The minimum Gasteiger partial charge on any atom is -0.368 e. The number of aromatic nitrogens is 1. The number of aryl methyl sites for hydroxylation is 1. The van der Waals surface area contributed by atoms with Crippen molar-refractivity contribution in [3.05, 3.63) is 59.9 Å². The molecule has 1 amide bonds. The van der Waals surface area contributed by atoms with Crippen molar-refractivity contribution >= 4 is 11.6 Å². The van der Waals surface area contributed by atoms with Crippen molar-refractivity contribution in [2.75, 3.05) is 24.5 Å². The van der Waals surface area contributed by atoms with Gasteiger partial charge in [-0.25, -0.2) is 0 Å². The first kappa shape index (κ1) is 16.5. The third-order valence-corrected chi connectivity index (χ3v) is 4.85. The minimum absolute atomic E-state index is 0.147. The molecule has 4 nitrogen and oxygen atoms in total. The Hall–Kier alpha value is -2.36. The van der Waals surface area contributed by atoms with Crippen molar-refractivity contribution in [1.82, 2.24) is 9.88 Å². The van der Waals surface area contributed by atoms with Crippen molar-refractivity contribution < 1.29 is 4.79 Å². The fourth-order valence-electron chi connectivity index (χ4n) is 3.42. The number of carbonyl (C=O) groups is 1. The average molecular weight is 323 g/mol. The molecule has 0 saturated carbocycles. The topological polar surface area (TPSA) is 36.4 Å². The molecule has 1 aliphatic heterocycles. The number of piperazine rings is 1. The molecule has 24 heavy (non-hydrogen) atoms. The Morgan fingerprint density at radius 2 is 1.96 bits per heavy atom. The fourth-order valence-corrected chi connectivity index (χ4v) is 3.42. The Bertz CT molecular complexity index is 686. The van der Waals surface area contributed by atoms with Crippen LogP contribution in [0.5, 0.6) is 0 Å². The molecule has 0 radical (unpaired) electrons. The summed E-state index contributed by atoms with van der Waals surface area (Å²) >= 11 is 0. The lowest BCUT2D eigenvalue weighted by atomic mass is 10.0. The van der Waals surface area contributed by atoms with Gasteiger partial charge in [0.05, 0.1) is 0 Å². The van der Waals surface area contributed by atoms with Crippen LogP contribution in [0.25, 0.3) is 0 Å². The number of para-hydroxylation sites is 1. The number of amides is 1. The predicted molar refractivity (Wildman–Crippen MR) is 97.4 cm³/mol. The summed E-state index contributed by atoms with van der Waals surface area (Å²) in [5, 5.41) is 0. The van der Waals surface area contributed by atoms with Crippen LogP contribution in [0.4, 0.5) is 5.69 Å². The maximum Gasteiger partial charge on any atom is 0.254 e. The fraction of sp³-hybridized carbons (Fsp3) is 0.400. The van der Waals surface area contributed by atoms with Crippen molar-refractivity contribution in [2.45, 2.75) is 32.7 Å². The number of carbonyl (C=O) groups excluding carboxylic acids is 1. The van der Waals surface area contributed by atoms with Gasteiger partial charge in [-0.1, -0.05) is 32.0 Å². The van der Waals surface area contributed by atoms with E-state index in [1.54, 1.807) is 6.20 Å². The van der Waals surface area contributed by atoms with Gasteiger partial charge in [-0.15, -0.1) is 0 Å². The number of rotatable bonds is 4. The van der Waals surface area contributed by atoms with Gasteiger partial charge in [-0.05, 0) is 36.6 Å². The molecule has 3 rings (SSSR count). The van der Waals surface area contributed by atoms with Crippen molar-refractivity contribution in [1.29, 1.82) is 0 Å². The summed E-state index contributed by atoms with van der Waals surface area (Å²) in [6, 6.07) is 12.6.